The molecular formula is C15H18F3NO2. The Labute approximate surface area is 121 Å². The number of rotatable bonds is 2. The number of carboxylic acid groups (broad SMARTS) is 1. The minimum absolute atomic E-state index is 0.0207. The topological polar surface area (TPSA) is 50.2 Å². The molecule has 1 aliphatic rings. The van der Waals surface area contributed by atoms with Gasteiger partial charge in [0.2, 0.25) is 0 Å². The van der Waals surface area contributed by atoms with Crippen molar-refractivity contribution in [3.05, 3.63) is 29.1 Å². The molecule has 21 heavy (non-hydrogen) atoms. The Morgan fingerprint density at radius 2 is 1.95 bits per heavy atom. The quantitative estimate of drug-likeness (QED) is 0.909. The fourth-order valence-electron chi connectivity index (χ4n) is 2.49. The van der Waals surface area contributed by atoms with Crippen LogP contribution in [-0.2, 0) is 23.1 Å². The maximum Gasteiger partial charge on any atom is 0.399 e. The van der Waals surface area contributed by atoms with Crippen molar-refractivity contribution in [1.82, 2.24) is 4.98 Å². The summed E-state index contributed by atoms with van der Waals surface area (Å²) in [4.78, 5) is 15.4. The second-order valence-corrected chi connectivity index (χ2v) is 6.47. The van der Waals surface area contributed by atoms with E-state index in [0.29, 0.717) is 25.0 Å². The molecule has 1 aliphatic carbocycles. The van der Waals surface area contributed by atoms with Crippen LogP contribution in [-0.4, -0.2) is 22.2 Å². The molecule has 0 amide bonds. The van der Waals surface area contributed by atoms with Crippen LogP contribution >= 0.6 is 0 Å². The summed E-state index contributed by atoms with van der Waals surface area (Å²) < 4.78 is 39.2. The van der Waals surface area contributed by atoms with Crippen LogP contribution in [0.5, 0.6) is 0 Å². The number of carboxylic acids is 1. The number of aromatic nitrogens is 1. The molecule has 0 saturated heterocycles. The summed E-state index contributed by atoms with van der Waals surface area (Å²) >= 11 is 0. The van der Waals surface area contributed by atoms with E-state index in [1.165, 1.54) is 6.07 Å². The van der Waals surface area contributed by atoms with Gasteiger partial charge in [-0.25, -0.2) is 0 Å². The highest BCUT2D eigenvalue weighted by molar-refractivity contribution is 5.75. The van der Waals surface area contributed by atoms with Gasteiger partial charge in [0.05, 0.1) is 11.1 Å². The van der Waals surface area contributed by atoms with E-state index in [-0.39, 0.29) is 5.69 Å². The fraction of sp³-hybridized carbons (Fsp3) is 0.600. The van der Waals surface area contributed by atoms with Crippen molar-refractivity contribution < 1.29 is 23.1 Å². The monoisotopic (exact) mass is 301 g/mol. The van der Waals surface area contributed by atoms with Gasteiger partial charge in [-0.1, -0.05) is 6.07 Å². The first-order valence-electron chi connectivity index (χ1n) is 6.77. The summed E-state index contributed by atoms with van der Waals surface area (Å²) in [5.41, 5.74) is -1.59. The average Bonchev–Trinajstić information content (AvgIpc) is 2.36. The molecule has 2 rings (SSSR count). The van der Waals surface area contributed by atoms with E-state index >= 15 is 0 Å². The highest BCUT2D eigenvalue weighted by atomic mass is 19.4. The molecule has 0 fully saturated rings. The zero-order chi connectivity index (χ0) is 16.1. The van der Waals surface area contributed by atoms with Gasteiger partial charge in [0.25, 0.3) is 0 Å². The fourth-order valence-corrected chi connectivity index (χ4v) is 2.49. The van der Waals surface area contributed by atoms with Crippen LogP contribution < -0.4 is 0 Å². The van der Waals surface area contributed by atoms with Crippen LogP contribution in [0.4, 0.5) is 13.2 Å². The van der Waals surface area contributed by atoms with Gasteiger partial charge in [0, 0.05) is 5.69 Å². The van der Waals surface area contributed by atoms with Gasteiger partial charge in [-0.2, -0.15) is 13.2 Å². The third-order valence-electron chi connectivity index (χ3n) is 4.43. The standard InChI is InChI=1S/C15H18F3NO2/c1-13(2,15(16,17)18)11-5-4-9-8-14(3,12(20)21)7-6-10(9)19-11/h4-5H,6-8H2,1-3H3,(H,20,21)/t14-/m0/s1. The highest BCUT2D eigenvalue weighted by Gasteiger charge is 2.50. The molecule has 0 unspecified atom stereocenters. The largest absolute Gasteiger partial charge is 0.481 e. The third-order valence-corrected chi connectivity index (χ3v) is 4.43. The molecule has 0 bridgehead atoms. The number of fused-ring (bicyclic) bond motifs is 1. The summed E-state index contributed by atoms with van der Waals surface area (Å²) in [6.45, 7) is 3.86. The van der Waals surface area contributed by atoms with Gasteiger partial charge < -0.3 is 5.11 Å². The van der Waals surface area contributed by atoms with Gasteiger partial charge in [0.1, 0.15) is 5.41 Å². The maximum absolute atomic E-state index is 13.1. The first kappa shape index (κ1) is 15.8. The smallest absolute Gasteiger partial charge is 0.399 e. The maximum atomic E-state index is 13.1. The number of hydrogen-bond acceptors (Lipinski definition) is 2. The van der Waals surface area contributed by atoms with E-state index in [0.717, 1.165) is 19.4 Å². The predicted molar refractivity (Wildman–Crippen MR) is 71.1 cm³/mol. The van der Waals surface area contributed by atoms with E-state index in [4.69, 9.17) is 0 Å². The molecule has 1 N–H and O–H groups in total. The Balaban J connectivity index is 2.38. The Morgan fingerprint density at radius 3 is 2.48 bits per heavy atom. The van der Waals surface area contributed by atoms with Gasteiger partial charge in [-0.05, 0) is 51.7 Å². The first-order chi connectivity index (χ1) is 9.47. The highest BCUT2D eigenvalue weighted by Crippen LogP contribution is 2.41. The lowest BCUT2D eigenvalue weighted by molar-refractivity contribution is -0.181. The summed E-state index contributed by atoms with van der Waals surface area (Å²) in [7, 11) is 0. The lowest BCUT2D eigenvalue weighted by Gasteiger charge is -2.32. The number of nitrogens with zero attached hydrogens (tertiary/aromatic N) is 1. The van der Waals surface area contributed by atoms with Crippen LogP contribution in [0.25, 0.3) is 0 Å². The summed E-state index contributed by atoms with van der Waals surface area (Å²) in [6.07, 6.45) is -3.30. The number of alkyl halides is 3. The molecule has 0 radical (unpaired) electrons. The van der Waals surface area contributed by atoms with Crippen LogP contribution in [0, 0.1) is 5.41 Å². The van der Waals surface area contributed by atoms with Gasteiger partial charge >= 0.3 is 12.1 Å². The van der Waals surface area contributed by atoms with E-state index in [1.807, 2.05) is 0 Å². The lowest BCUT2D eigenvalue weighted by Crippen LogP contribution is -2.38. The molecule has 1 atom stereocenters. The van der Waals surface area contributed by atoms with E-state index < -0.39 is 23.0 Å². The molecule has 1 aromatic heterocycles. The van der Waals surface area contributed by atoms with Crippen molar-refractivity contribution in [2.75, 3.05) is 0 Å². The van der Waals surface area contributed by atoms with Gasteiger partial charge in [-0.3, -0.25) is 9.78 Å². The van der Waals surface area contributed by atoms with Crippen LogP contribution in [0.2, 0.25) is 0 Å². The van der Waals surface area contributed by atoms with Crippen molar-refractivity contribution in [3.63, 3.8) is 0 Å². The molecule has 1 aromatic rings. The molecule has 0 saturated carbocycles. The predicted octanol–water partition coefficient (Wildman–Crippen LogP) is 3.50. The van der Waals surface area contributed by atoms with Crippen molar-refractivity contribution in [2.24, 2.45) is 5.41 Å². The number of halogens is 3. The number of carbonyl (C=O) groups is 1. The molecule has 116 valence electrons. The van der Waals surface area contributed by atoms with E-state index in [2.05, 4.69) is 4.98 Å². The van der Waals surface area contributed by atoms with Crippen molar-refractivity contribution in [2.45, 2.75) is 51.6 Å². The Bertz CT molecular complexity index is 581. The van der Waals surface area contributed by atoms with Gasteiger partial charge in [0.15, 0.2) is 0 Å². The van der Waals surface area contributed by atoms with Crippen molar-refractivity contribution in [1.29, 1.82) is 0 Å². The summed E-state index contributed by atoms with van der Waals surface area (Å²) in [6, 6.07) is 2.95. The van der Waals surface area contributed by atoms with E-state index in [1.54, 1.807) is 13.0 Å². The van der Waals surface area contributed by atoms with Crippen molar-refractivity contribution in [3.8, 4) is 0 Å². The molecule has 3 nitrogen and oxygen atoms in total. The SMILES string of the molecule is CC(C)(c1ccc2c(n1)CC[C@](C)(C(=O)O)C2)C(F)(F)F. The third kappa shape index (κ3) is 2.63. The molecule has 0 aromatic carbocycles. The molecule has 0 spiro atoms. The Morgan fingerprint density at radius 1 is 1.33 bits per heavy atom. The summed E-state index contributed by atoms with van der Waals surface area (Å²) in [5, 5.41) is 9.24. The second-order valence-electron chi connectivity index (χ2n) is 6.47. The minimum Gasteiger partial charge on any atom is -0.481 e. The number of aliphatic carboxylic acids is 1. The van der Waals surface area contributed by atoms with Crippen LogP contribution in [0.1, 0.15) is 44.1 Å². The average molecular weight is 301 g/mol. The zero-order valence-corrected chi connectivity index (χ0v) is 12.2. The lowest BCUT2D eigenvalue weighted by atomic mass is 9.74. The number of aryl methyl sites for hydroxylation is 1. The second kappa shape index (κ2) is 4.71. The zero-order valence-electron chi connectivity index (χ0n) is 12.2. The first-order valence-corrected chi connectivity index (χ1v) is 6.77. The minimum atomic E-state index is -4.38. The molecule has 6 heteroatoms. The summed E-state index contributed by atoms with van der Waals surface area (Å²) in [5.74, 6) is -0.882. The Kier molecular flexibility index (Phi) is 3.54. The van der Waals surface area contributed by atoms with Gasteiger partial charge in [-0.15, -0.1) is 0 Å². The van der Waals surface area contributed by atoms with Crippen LogP contribution in [0.15, 0.2) is 12.1 Å². The van der Waals surface area contributed by atoms with Crippen LogP contribution in [0.3, 0.4) is 0 Å². The Hall–Kier alpha value is -1.59. The normalized spacial score (nSPS) is 22.8. The number of pyridine rings is 1. The van der Waals surface area contributed by atoms with E-state index in [9.17, 15) is 23.1 Å². The molecule has 0 aliphatic heterocycles. The number of hydrogen-bond donors (Lipinski definition) is 1. The molecule has 1 heterocycles. The molecular weight excluding hydrogens is 283 g/mol. The van der Waals surface area contributed by atoms with Crippen molar-refractivity contribution >= 4 is 5.97 Å².